The number of allylic oxidation sites excluding steroid dienone is 2. The molecule has 3 amide bonds. The van der Waals surface area contributed by atoms with Gasteiger partial charge in [0, 0.05) is 17.7 Å². The molecule has 1 N–H and O–H groups in total. The molecule has 2 aromatic heterocycles. The van der Waals surface area contributed by atoms with Gasteiger partial charge in [-0.3, -0.25) is 19.8 Å². The number of aromatic nitrogens is 3. The summed E-state index contributed by atoms with van der Waals surface area (Å²) in [5, 5.41) is 15.5. The number of fused-ring (bicyclic) bond motifs is 1. The number of hydrogen-bond donors (Lipinski definition) is 1. The topological polar surface area (TPSA) is 130 Å². The Morgan fingerprint density at radius 1 is 1.37 bits per heavy atom. The number of amides is 3. The van der Waals surface area contributed by atoms with Gasteiger partial charge in [-0.05, 0) is 57.9 Å². The van der Waals surface area contributed by atoms with Crippen LogP contribution in [0.1, 0.15) is 56.5 Å². The zero-order chi connectivity index (χ0) is 24.9. The predicted octanol–water partition coefficient (Wildman–Crippen LogP) is 4.54. The smallest absolute Gasteiger partial charge is 0.416 e. The van der Waals surface area contributed by atoms with Crippen molar-refractivity contribution in [2.24, 2.45) is 0 Å². The Kier molecular flexibility index (Phi) is 5.85. The number of thioether (sulfide) groups is 2. The van der Waals surface area contributed by atoms with Crippen LogP contribution >= 0.6 is 23.5 Å². The van der Waals surface area contributed by atoms with Gasteiger partial charge in [-0.2, -0.15) is 14.9 Å². The maximum atomic E-state index is 13.3. The minimum Gasteiger partial charge on any atom is -0.443 e. The van der Waals surface area contributed by atoms with E-state index in [2.05, 4.69) is 16.5 Å². The van der Waals surface area contributed by atoms with Crippen molar-refractivity contribution < 1.29 is 19.1 Å². The second-order valence-corrected chi connectivity index (χ2v) is 11.6. The van der Waals surface area contributed by atoms with Crippen LogP contribution in [0.2, 0.25) is 0 Å². The summed E-state index contributed by atoms with van der Waals surface area (Å²) in [5.74, 6) is 0.0373. The molecule has 10 nitrogen and oxygen atoms in total. The third-order valence-corrected chi connectivity index (χ3v) is 7.45. The Bertz CT molecular complexity index is 1360. The second kappa shape index (κ2) is 8.73. The summed E-state index contributed by atoms with van der Waals surface area (Å²) in [4.78, 5) is 44.3. The standard InChI is InChI=1S/C23H22N6O4S2/c1-23(2,3)33-22(32)28(13-4-5-13)18-9-15(16-7-6-14(10-24)34-16)26-19-12(11-25-29(18)19)8-17-20(30)27-21(31)35-17/h6,8-9,11,13,16H,4-5,7H2,1-3H3,(H,27,30,31)/b17-8-. The number of nitrogens with one attached hydrogen (secondary N) is 1. The molecule has 0 bridgehead atoms. The highest BCUT2D eigenvalue weighted by Crippen LogP contribution is 2.44. The first kappa shape index (κ1) is 23.4. The van der Waals surface area contributed by atoms with Gasteiger partial charge in [-0.1, -0.05) is 6.08 Å². The highest BCUT2D eigenvalue weighted by Gasteiger charge is 2.39. The van der Waals surface area contributed by atoms with Gasteiger partial charge in [0.2, 0.25) is 0 Å². The van der Waals surface area contributed by atoms with Gasteiger partial charge in [-0.15, -0.1) is 11.8 Å². The fraction of sp³-hybridized carbons (Fsp3) is 0.391. The lowest BCUT2D eigenvalue weighted by atomic mass is 10.2. The number of imide groups is 1. The van der Waals surface area contributed by atoms with E-state index in [-0.39, 0.29) is 16.2 Å². The molecular formula is C23H22N6O4S2. The number of ether oxygens (including phenoxy) is 1. The van der Waals surface area contributed by atoms with Gasteiger partial charge in [0.1, 0.15) is 17.5 Å². The van der Waals surface area contributed by atoms with Crippen LogP contribution in [0.15, 0.2) is 28.1 Å². The van der Waals surface area contributed by atoms with Crippen molar-refractivity contribution >= 4 is 58.3 Å². The van der Waals surface area contributed by atoms with E-state index < -0.39 is 22.8 Å². The van der Waals surface area contributed by atoms with Gasteiger partial charge in [0.05, 0.1) is 27.0 Å². The van der Waals surface area contributed by atoms with E-state index in [9.17, 15) is 19.6 Å². The minimum atomic E-state index is -0.675. The van der Waals surface area contributed by atoms with Crippen molar-refractivity contribution in [3.63, 3.8) is 0 Å². The average molecular weight is 511 g/mol. The number of carbonyl (C=O) groups is 3. The quantitative estimate of drug-likeness (QED) is 0.589. The lowest BCUT2D eigenvalue weighted by Gasteiger charge is -2.28. The Labute approximate surface area is 209 Å². The van der Waals surface area contributed by atoms with Gasteiger partial charge >= 0.3 is 6.09 Å². The molecule has 1 aliphatic carbocycles. The van der Waals surface area contributed by atoms with Crippen LogP contribution in [0.25, 0.3) is 11.7 Å². The molecule has 3 aliphatic rings. The molecule has 1 saturated heterocycles. The molecule has 0 radical (unpaired) electrons. The highest BCUT2D eigenvalue weighted by molar-refractivity contribution is 8.18. The van der Waals surface area contributed by atoms with E-state index in [1.165, 1.54) is 11.8 Å². The lowest BCUT2D eigenvalue weighted by Crippen LogP contribution is -2.39. The van der Waals surface area contributed by atoms with E-state index in [0.717, 1.165) is 24.6 Å². The molecule has 2 aromatic rings. The third kappa shape index (κ3) is 4.78. The van der Waals surface area contributed by atoms with Crippen LogP contribution in [-0.2, 0) is 9.53 Å². The first-order valence-electron chi connectivity index (χ1n) is 11.1. The molecule has 1 atom stereocenters. The van der Waals surface area contributed by atoms with Crippen molar-refractivity contribution in [3.05, 3.63) is 39.4 Å². The van der Waals surface area contributed by atoms with Crippen molar-refractivity contribution in [2.45, 2.75) is 56.9 Å². The maximum Gasteiger partial charge on any atom is 0.416 e. The summed E-state index contributed by atoms with van der Waals surface area (Å²) < 4.78 is 7.27. The average Bonchev–Trinajstić information content (AvgIpc) is 3.20. The summed E-state index contributed by atoms with van der Waals surface area (Å²) in [6.45, 7) is 5.45. The molecule has 35 heavy (non-hydrogen) atoms. The molecule has 180 valence electrons. The summed E-state index contributed by atoms with van der Waals surface area (Å²) in [7, 11) is 0. The van der Waals surface area contributed by atoms with Crippen molar-refractivity contribution in [1.82, 2.24) is 19.9 Å². The largest absolute Gasteiger partial charge is 0.443 e. The van der Waals surface area contributed by atoms with Crippen molar-refractivity contribution in [3.8, 4) is 6.07 Å². The lowest BCUT2D eigenvalue weighted by molar-refractivity contribution is -0.115. The van der Waals surface area contributed by atoms with Crippen LogP contribution in [0.3, 0.4) is 0 Å². The minimum absolute atomic E-state index is 0.0212. The van der Waals surface area contributed by atoms with Gasteiger partial charge in [0.25, 0.3) is 11.1 Å². The maximum absolute atomic E-state index is 13.3. The third-order valence-electron chi connectivity index (χ3n) is 5.40. The molecule has 2 fully saturated rings. The van der Waals surface area contributed by atoms with E-state index in [1.54, 1.807) is 21.7 Å². The SMILES string of the molecule is CC(C)(C)OC(=O)N(c1cc(C2CC=C(C#N)S2)nc2c(/C=C3\SC(=O)NC3=O)cnn12)C1CC1. The van der Waals surface area contributed by atoms with Crippen LogP contribution in [0, 0.1) is 11.3 Å². The normalized spacial score (nSPS) is 21.3. The predicted molar refractivity (Wildman–Crippen MR) is 132 cm³/mol. The van der Waals surface area contributed by atoms with Crippen LogP contribution < -0.4 is 10.2 Å². The Balaban J connectivity index is 1.63. The highest BCUT2D eigenvalue weighted by atomic mass is 32.2. The fourth-order valence-corrected chi connectivity index (χ4v) is 5.43. The summed E-state index contributed by atoms with van der Waals surface area (Å²) in [6, 6.07) is 3.98. The summed E-state index contributed by atoms with van der Waals surface area (Å²) in [5.41, 5.74) is 0.994. The number of hydrogen-bond acceptors (Lipinski definition) is 9. The van der Waals surface area contributed by atoms with Crippen LogP contribution in [0.4, 0.5) is 15.4 Å². The van der Waals surface area contributed by atoms with Gasteiger partial charge in [-0.25, -0.2) is 9.78 Å². The number of carbonyl (C=O) groups excluding carboxylic acids is 3. The van der Waals surface area contributed by atoms with E-state index in [0.29, 0.717) is 34.0 Å². The van der Waals surface area contributed by atoms with Crippen molar-refractivity contribution in [1.29, 1.82) is 5.26 Å². The molecular weight excluding hydrogens is 488 g/mol. The van der Waals surface area contributed by atoms with Crippen LogP contribution in [0.5, 0.6) is 0 Å². The second-order valence-electron chi connectivity index (χ2n) is 9.33. The molecule has 0 aromatic carbocycles. The molecule has 0 spiro atoms. The number of anilines is 1. The monoisotopic (exact) mass is 510 g/mol. The van der Waals surface area contributed by atoms with Gasteiger partial charge < -0.3 is 4.74 Å². The molecule has 1 unspecified atom stereocenters. The number of nitriles is 1. The molecule has 12 heteroatoms. The molecule has 5 rings (SSSR count). The zero-order valence-corrected chi connectivity index (χ0v) is 20.9. The molecule has 4 heterocycles. The number of nitrogens with zero attached hydrogens (tertiary/aromatic N) is 5. The zero-order valence-electron chi connectivity index (χ0n) is 19.3. The van der Waals surface area contributed by atoms with Crippen LogP contribution in [-0.4, -0.2) is 43.5 Å². The molecule has 1 saturated carbocycles. The first-order valence-corrected chi connectivity index (χ1v) is 12.8. The Morgan fingerprint density at radius 2 is 2.14 bits per heavy atom. The van der Waals surface area contributed by atoms with Gasteiger partial charge in [0.15, 0.2) is 5.65 Å². The molecule has 2 aliphatic heterocycles. The summed E-state index contributed by atoms with van der Waals surface area (Å²) >= 11 is 2.24. The Morgan fingerprint density at radius 3 is 2.74 bits per heavy atom. The van der Waals surface area contributed by atoms with Crippen molar-refractivity contribution in [2.75, 3.05) is 4.90 Å². The van der Waals surface area contributed by atoms with E-state index >= 15 is 0 Å². The summed E-state index contributed by atoms with van der Waals surface area (Å²) in [6.07, 6.45) is 6.84. The Hall–Kier alpha value is -3.30. The number of rotatable bonds is 4. The fourth-order valence-electron chi connectivity index (χ4n) is 3.77. The van der Waals surface area contributed by atoms with E-state index in [4.69, 9.17) is 9.72 Å². The first-order chi connectivity index (χ1) is 16.6. The van der Waals surface area contributed by atoms with E-state index in [1.807, 2.05) is 32.9 Å².